The Labute approximate surface area is 189 Å². The van der Waals surface area contributed by atoms with E-state index in [0.29, 0.717) is 5.82 Å². The summed E-state index contributed by atoms with van der Waals surface area (Å²) in [5, 5.41) is 12.9. The van der Waals surface area contributed by atoms with Gasteiger partial charge in [0, 0.05) is 55.6 Å². The summed E-state index contributed by atoms with van der Waals surface area (Å²) in [6, 6.07) is 5.91. The zero-order chi connectivity index (χ0) is 23.1. The quantitative estimate of drug-likeness (QED) is 0.545. The van der Waals surface area contributed by atoms with E-state index in [-0.39, 0.29) is 0 Å². The first-order valence-corrected chi connectivity index (χ1v) is 10.5. The molecular weight excluding hydrogens is 398 g/mol. The summed E-state index contributed by atoms with van der Waals surface area (Å²) in [5.74, 6) is 1.53. The van der Waals surface area contributed by atoms with E-state index in [1.165, 1.54) is 0 Å². The second-order valence-corrected chi connectivity index (χ2v) is 7.82. The van der Waals surface area contributed by atoms with Gasteiger partial charge in [-0.05, 0) is 61.3 Å². The molecule has 0 fully saturated rings. The molecule has 2 N–H and O–H groups in total. The van der Waals surface area contributed by atoms with Gasteiger partial charge in [-0.2, -0.15) is 5.10 Å². The van der Waals surface area contributed by atoms with Crippen molar-refractivity contribution in [2.24, 2.45) is 7.05 Å². The summed E-state index contributed by atoms with van der Waals surface area (Å²) in [4.78, 5) is 11.1. The van der Waals surface area contributed by atoms with Crippen LogP contribution in [0.3, 0.4) is 0 Å². The number of nitrogens with one attached hydrogen (secondary N) is 2. The maximum Gasteiger partial charge on any atom is 0.130 e. The van der Waals surface area contributed by atoms with Crippen LogP contribution in [-0.2, 0) is 7.05 Å². The summed E-state index contributed by atoms with van der Waals surface area (Å²) in [6.45, 7) is 12.1. The zero-order valence-electron chi connectivity index (χ0n) is 19.3. The average Bonchev–Trinajstić information content (AvgIpc) is 3.20. The lowest BCUT2D eigenvalue weighted by Gasteiger charge is -2.13. The first-order chi connectivity index (χ1) is 15.4. The lowest BCUT2D eigenvalue weighted by Crippen LogP contribution is -2.25. The van der Waals surface area contributed by atoms with Crippen molar-refractivity contribution in [3.05, 3.63) is 77.7 Å². The van der Waals surface area contributed by atoms with Gasteiger partial charge in [-0.1, -0.05) is 19.2 Å². The molecule has 3 heterocycles. The molecule has 0 amide bonds. The number of pyridine rings is 2. The number of rotatable bonds is 9. The summed E-state index contributed by atoms with van der Waals surface area (Å²) in [6.07, 6.45) is 11.5. The van der Waals surface area contributed by atoms with Gasteiger partial charge in [0.25, 0.3) is 0 Å². The monoisotopic (exact) mass is 429 g/mol. The SMILES string of the molecule is C=C(/C=c1/cc(NC(=C)c2ccnc(NCCN(C)C)c2)nc/c1=C/C)c1cnn(C)c1. The van der Waals surface area contributed by atoms with Crippen LogP contribution < -0.4 is 21.1 Å². The number of aromatic nitrogens is 4. The fraction of sp³-hybridized carbons (Fsp3) is 0.240. The van der Waals surface area contributed by atoms with Gasteiger partial charge in [0.1, 0.15) is 11.6 Å². The van der Waals surface area contributed by atoms with Gasteiger partial charge in [-0.15, -0.1) is 0 Å². The highest BCUT2D eigenvalue weighted by Gasteiger charge is 2.05. The highest BCUT2D eigenvalue weighted by Crippen LogP contribution is 2.17. The Morgan fingerprint density at radius 2 is 1.91 bits per heavy atom. The summed E-state index contributed by atoms with van der Waals surface area (Å²) >= 11 is 0. The van der Waals surface area contributed by atoms with E-state index < -0.39 is 0 Å². The molecule has 0 bridgehead atoms. The van der Waals surface area contributed by atoms with Crippen molar-refractivity contribution in [2.75, 3.05) is 37.8 Å². The molecule has 7 nitrogen and oxygen atoms in total. The number of allylic oxidation sites excluding steroid dienone is 1. The smallest absolute Gasteiger partial charge is 0.130 e. The van der Waals surface area contributed by atoms with Crippen LogP contribution in [0.1, 0.15) is 18.1 Å². The van der Waals surface area contributed by atoms with Gasteiger partial charge in [0.05, 0.1) is 6.20 Å². The second kappa shape index (κ2) is 10.5. The van der Waals surface area contributed by atoms with Crippen LogP contribution in [0.5, 0.6) is 0 Å². The summed E-state index contributed by atoms with van der Waals surface area (Å²) in [5.41, 5.74) is 3.57. The van der Waals surface area contributed by atoms with E-state index in [1.807, 2.05) is 77.0 Å². The van der Waals surface area contributed by atoms with Crippen molar-refractivity contribution in [1.29, 1.82) is 0 Å². The fourth-order valence-corrected chi connectivity index (χ4v) is 3.12. The molecule has 0 aliphatic carbocycles. The summed E-state index contributed by atoms with van der Waals surface area (Å²) in [7, 11) is 5.98. The Morgan fingerprint density at radius 3 is 2.59 bits per heavy atom. The number of hydrogen-bond acceptors (Lipinski definition) is 6. The van der Waals surface area contributed by atoms with Crippen molar-refractivity contribution in [2.45, 2.75) is 6.92 Å². The predicted molar refractivity (Wildman–Crippen MR) is 134 cm³/mol. The molecule has 0 aliphatic rings. The third-order valence-electron chi connectivity index (χ3n) is 4.94. The van der Waals surface area contributed by atoms with E-state index >= 15 is 0 Å². The normalized spacial score (nSPS) is 12.3. The van der Waals surface area contributed by atoms with Gasteiger partial charge in [-0.25, -0.2) is 9.97 Å². The molecule has 0 radical (unpaired) electrons. The fourth-order valence-electron chi connectivity index (χ4n) is 3.12. The van der Waals surface area contributed by atoms with Crippen molar-refractivity contribution in [3.63, 3.8) is 0 Å². The molecule has 3 aromatic rings. The molecule has 0 unspecified atom stereocenters. The Hall–Kier alpha value is -3.71. The first-order valence-electron chi connectivity index (χ1n) is 10.5. The molecule has 0 aliphatic heterocycles. The molecule has 0 saturated heterocycles. The van der Waals surface area contributed by atoms with Crippen LogP contribution in [0, 0.1) is 0 Å². The number of hydrogen-bond donors (Lipinski definition) is 2. The molecular formula is C25H31N7. The third-order valence-corrected chi connectivity index (χ3v) is 4.94. The minimum atomic E-state index is 0.713. The van der Waals surface area contributed by atoms with Crippen molar-refractivity contribution in [1.82, 2.24) is 24.6 Å². The Bertz CT molecular complexity index is 1220. The predicted octanol–water partition coefficient (Wildman–Crippen LogP) is 2.56. The van der Waals surface area contributed by atoms with Crippen LogP contribution in [0.25, 0.3) is 23.4 Å². The highest BCUT2D eigenvalue weighted by atomic mass is 15.2. The maximum atomic E-state index is 4.55. The Morgan fingerprint density at radius 1 is 1.09 bits per heavy atom. The van der Waals surface area contributed by atoms with Crippen molar-refractivity contribution >= 4 is 35.1 Å². The van der Waals surface area contributed by atoms with Crippen LogP contribution >= 0.6 is 0 Å². The standard InChI is InChI=1S/C25H31N7/c1-7-20-15-28-25(14-22(20)12-18(2)23-16-29-32(6)17-23)30-19(3)21-8-9-26-24(13-21)27-10-11-31(4)5/h7-9,12-17,30H,2-3,10-11H2,1,4-6H3,(H,26,27)/b20-7-,22-12-. The van der Waals surface area contributed by atoms with Gasteiger partial charge >= 0.3 is 0 Å². The number of aryl methyl sites for hydroxylation is 1. The molecule has 0 atom stereocenters. The van der Waals surface area contributed by atoms with E-state index in [0.717, 1.165) is 51.7 Å². The van der Waals surface area contributed by atoms with Gasteiger partial charge in [-0.3, -0.25) is 4.68 Å². The van der Waals surface area contributed by atoms with E-state index in [2.05, 4.69) is 43.8 Å². The molecule has 166 valence electrons. The largest absolute Gasteiger partial charge is 0.369 e. The summed E-state index contributed by atoms with van der Waals surface area (Å²) < 4.78 is 1.77. The van der Waals surface area contributed by atoms with Crippen LogP contribution in [0.15, 0.2) is 56.1 Å². The van der Waals surface area contributed by atoms with E-state index in [9.17, 15) is 0 Å². The lowest BCUT2D eigenvalue weighted by atomic mass is 10.1. The number of likely N-dealkylation sites (N-methyl/N-ethyl adjacent to an activating group) is 1. The molecule has 3 rings (SSSR count). The minimum absolute atomic E-state index is 0.713. The van der Waals surface area contributed by atoms with E-state index in [4.69, 9.17) is 0 Å². The van der Waals surface area contributed by atoms with E-state index in [1.54, 1.807) is 10.9 Å². The maximum absolute atomic E-state index is 4.55. The molecule has 0 aromatic carbocycles. The average molecular weight is 430 g/mol. The number of nitrogens with zero attached hydrogens (tertiary/aromatic N) is 5. The molecule has 7 heteroatoms. The second-order valence-electron chi connectivity index (χ2n) is 7.82. The number of anilines is 2. The van der Waals surface area contributed by atoms with Crippen molar-refractivity contribution < 1.29 is 0 Å². The first kappa shape index (κ1) is 23.0. The topological polar surface area (TPSA) is 70.9 Å². The lowest BCUT2D eigenvalue weighted by molar-refractivity contribution is 0.425. The van der Waals surface area contributed by atoms with Gasteiger partial charge < -0.3 is 15.5 Å². The van der Waals surface area contributed by atoms with Crippen LogP contribution in [0.2, 0.25) is 0 Å². The third kappa shape index (κ3) is 6.15. The van der Waals surface area contributed by atoms with Crippen LogP contribution in [-0.4, -0.2) is 51.8 Å². The Balaban J connectivity index is 1.79. The van der Waals surface area contributed by atoms with Gasteiger partial charge in [0.2, 0.25) is 0 Å². The molecule has 0 saturated carbocycles. The minimum Gasteiger partial charge on any atom is -0.369 e. The molecule has 0 spiro atoms. The Kier molecular flexibility index (Phi) is 7.57. The van der Waals surface area contributed by atoms with Crippen molar-refractivity contribution in [3.8, 4) is 0 Å². The highest BCUT2D eigenvalue weighted by molar-refractivity contribution is 5.86. The molecule has 3 aromatic heterocycles. The van der Waals surface area contributed by atoms with Crippen LogP contribution in [0.4, 0.5) is 11.6 Å². The van der Waals surface area contributed by atoms with Gasteiger partial charge in [0.15, 0.2) is 0 Å². The zero-order valence-corrected chi connectivity index (χ0v) is 19.3. The molecule has 32 heavy (non-hydrogen) atoms.